The first-order chi connectivity index (χ1) is 10.2. The molecule has 4 heteroatoms. The Balaban J connectivity index is 1.96. The lowest BCUT2D eigenvalue weighted by molar-refractivity contribution is 0.616. The summed E-state index contributed by atoms with van der Waals surface area (Å²) in [5.74, 6) is -0.337. The molecular formula is C17H16FN3. The molecule has 0 fully saturated rings. The fourth-order valence-corrected chi connectivity index (χ4v) is 2.73. The molecule has 0 N–H and O–H groups in total. The Morgan fingerprint density at radius 2 is 1.90 bits per heavy atom. The van der Waals surface area contributed by atoms with E-state index in [1.165, 1.54) is 17.3 Å². The van der Waals surface area contributed by atoms with E-state index < -0.39 is 0 Å². The molecule has 3 rings (SSSR count). The quantitative estimate of drug-likeness (QED) is 0.804. The number of hydrogen-bond donors (Lipinski definition) is 0. The molecule has 0 aliphatic carbocycles. The number of likely N-dealkylation sites (N-methyl/N-ethyl adjacent to an activating group) is 1. The second kappa shape index (κ2) is 5.45. The normalized spacial score (nSPS) is 14.3. The number of nitrogens with zero attached hydrogens (tertiary/aromatic N) is 3. The van der Waals surface area contributed by atoms with Crippen molar-refractivity contribution in [2.24, 2.45) is 0 Å². The van der Waals surface area contributed by atoms with Gasteiger partial charge in [0.1, 0.15) is 5.82 Å². The van der Waals surface area contributed by atoms with Crippen molar-refractivity contribution in [1.82, 2.24) is 0 Å². The van der Waals surface area contributed by atoms with Crippen LogP contribution in [0, 0.1) is 17.1 Å². The number of hydrogen-bond acceptors (Lipinski definition) is 3. The Hall–Kier alpha value is -2.54. The Morgan fingerprint density at radius 1 is 1.10 bits per heavy atom. The van der Waals surface area contributed by atoms with Crippen molar-refractivity contribution < 1.29 is 4.39 Å². The van der Waals surface area contributed by atoms with Crippen LogP contribution in [0.5, 0.6) is 0 Å². The third-order valence-electron chi connectivity index (χ3n) is 3.89. The van der Waals surface area contributed by atoms with E-state index in [9.17, 15) is 4.39 Å². The van der Waals surface area contributed by atoms with Crippen LogP contribution in [0.15, 0.2) is 42.5 Å². The van der Waals surface area contributed by atoms with E-state index in [-0.39, 0.29) is 5.82 Å². The molecule has 1 heterocycles. The summed E-state index contributed by atoms with van der Waals surface area (Å²) in [6.07, 6.45) is 0. The molecule has 1 aliphatic rings. The largest absolute Gasteiger partial charge is 0.373 e. The van der Waals surface area contributed by atoms with E-state index in [0.717, 1.165) is 13.1 Å². The molecular weight excluding hydrogens is 265 g/mol. The van der Waals surface area contributed by atoms with Gasteiger partial charge in [0.2, 0.25) is 0 Å². The zero-order chi connectivity index (χ0) is 14.8. The lowest BCUT2D eigenvalue weighted by Crippen LogP contribution is -2.29. The first kappa shape index (κ1) is 13.4. The van der Waals surface area contributed by atoms with Gasteiger partial charge in [0.15, 0.2) is 0 Å². The van der Waals surface area contributed by atoms with Gasteiger partial charge in [0.05, 0.1) is 17.3 Å². The van der Waals surface area contributed by atoms with Crippen LogP contribution < -0.4 is 9.80 Å². The first-order valence-electron chi connectivity index (χ1n) is 6.92. The smallest absolute Gasteiger partial charge is 0.147 e. The van der Waals surface area contributed by atoms with Crippen molar-refractivity contribution >= 4 is 11.4 Å². The molecule has 2 aromatic rings. The maximum absolute atomic E-state index is 14.2. The van der Waals surface area contributed by atoms with Crippen molar-refractivity contribution in [3.05, 3.63) is 59.4 Å². The summed E-state index contributed by atoms with van der Waals surface area (Å²) >= 11 is 0. The van der Waals surface area contributed by atoms with Crippen LogP contribution in [-0.2, 0) is 6.54 Å². The molecule has 0 aromatic heterocycles. The second-order valence-corrected chi connectivity index (χ2v) is 5.25. The summed E-state index contributed by atoms with van der Waals surface area (Å²) < 4.78 is 14.2. The topological polar surface area (TPSA) is 30.3 Å². The van der Waals surface area contributed by atoms with Crippen LogP contribution in [0.4, 0.5) is 15.8 Å². The lowest BCUT2D eigenvalue weighted by atomic mass is 10.1. The Labute approximate surface area is 123 Å². The summed E-state index contributed by atoms with van der Waals surface area (Å²) in [6, 6.07) is 14.8. The molecule has 1 aliphatic heterocycles. The predicted octanol–water partition coefficient (Wildman–Crippen LogP) is 3.15. The van der Waals surface area contributed by atoms with Crippen molar-refractivity contribution in [2.45, 2.75) is 6.54 Å². The van der Waals surface area contributed by atoms with Gasteiger partial charge in [-0.15, -0.1) is 0 Å². The number of halogens is 1. The number of nitriles is 1. The Morgan fingerprint density at radius 3 is 2.67 bits per heavy atom. The molecule has 0 amide bonds. The third-order valence-corrected chi connectivity index (χ3v) is 3.89. The van der Waals surface area contributed by atoms with E-state index >= 15 is 0 Å². The van der Waals surface area contributed by atoms with Gasteiger partial charge < -0.3 is 9.80 Å². The number of benzene rings is 2. The number of anilines is 2. The Bertz CT molecular complexity index is 705. The average molecular weight is 281 g/mol. The maximum Gasteiger partial charge on any atom is 0.147 e. The second-order valence-electron chi connectivity index (χ2n) is 5.25. The number of fused-ring (bicyclic) bond motifs is 1. The van der Waals surface area contributed by atoms with E-state index in [1.54, 1.807) is 12.1 Å². The highest BCUT2D eigenvalue weighted by Crippen LogP contribution is 2.28. The van der Waals surface area contributed by atoms with Crippen molar-refractivity contribution in [2.75, 3.05) is 29.9 Å². The third kappa shape index (κ3) is 2.55. The number of rotatable bonds is 1. The van der Waals surface area contributed by atoms with Crippen molar-refractivity contribution in [3.8, 4) is 6.07 Å². The van der Waals surface area contributed by atoms with E-state index in [2.05, 4.69) is 24.1 Å². The monoisotopic (exact) mass is 281 g/mol. The minimum Gasteiger partial charge on any atom is -0.373 e. The van der Waals surface area contributed by atoms with E-state index in [4.69, 9.17) is 5.26 Å². The highest BCUT2D eigenvalue weighted by atomic mass is 19.1. The number of para-hydroxylation sites is 1. The van der Waals surface area contributed by atoms with Crippen molar-refractivity contribution in [1.29, 1.82) is 5.26 Å². The fraction of sp³-hybridized carbons (Fsp3) is 0.235. The SMILES string of the molecule is CN1CCN(c2ccc(C#N)cc2F)Cc2ccccc21. The summed E-state index contributed by atoms with van der Waals surface area (Å²) in [4.78, 5) is 4.22. The van der Waals surface area contributed by atoms with Gasteiger partial charge in [-0.05, 0) is 29.8 Å². The van der Waals surface area contributed by atoms with Gasteiger partial charge in [0, 0.05) is 32.4 Å². The van der Waals surface area contributed by atoms with Crippen LogP contribution in [0.1, 0.15) is 11.1 Å². The maximum atomic E-state index is 14.2. The Kier molecular flexibility index (Phi) is 3.49. The fourth-order valence-electron chi connectivity index (χ4n) is 2.73. The first-order valence-corrected chi connectivity index (χ1v) is 6.92. The van der Waals surface area contributed by atoms with Gasteiger partial charge in [-0.1, -0.05) is 18.2 Å². The summed E-state index contributed by atoms with van der Waals surface area (Å²) in [7, 11) is 2.05. The average Bonchev–Trinajstić information content (AvgIpc) is 2.67. The van der Waals surface area contributed by atoms with Gasteiger partial charge in [0.25, 0.3) is 0 Å². The van der Waals surface area contributed by atoms with Crippen LogP contribution in [0.3, 0.4) is 0 Å². The molecule has 0 atom stereocenters. The van der Waals surface area contributed by atoms with Gasteiger partial charge >= 0.3 is 0 Å². The molecule has 0 saturated heterocycles. The van der Waals surface area contributed by atoms with Crippen LogP contribution in [-0.4, -0.2) is 20.1 Å². The zero-order valence-corrected chi connectivity index (χ0v) is 11.9. The molecule has 0 spiro atoms. The predicted molar refractivity (Wildman–Crippen MR) is 81.9 cm³/mol. The van der Waals surface area contributed by atoms with Crippen LogP contribution in [0.25, 0.3) is 0 Å². The van der Waals surface area contributed by atoms with Gasteiger partial charge in [-0.25, -0.2) is 4.39 Å². The molecule has 0 unspecified atom stereocenters. The molecule has 0 saturated carbocycles. The molecule has 0 radical (unpaired) electrons. The highest BCUT2D eigenvalue weighted by molar-refractivity contribution is 5.59. The van der Waals surface area contributed by atoms with Crippen LogP contribution in [0.2, 0.25) is 0 Å². The van der Waals surface area contributed by atoms with Crippen molar-refractivity contribution in [3.63, 3.8) is 0 Å². The van der Waals surface area contributed by atoms with Gasteiger partial charge in [-0.3, -0.25) is 0 Å². The molecule has 106 valence electrons. The van der Waals surface area contributed by atoms with Gasteiger partial charge in [-0.2, -0.15) is 5.26 Å². The minimum absolute atomic E-state index is 0.337. The summed E-state index contributed by atoms with van der Waals surface area (Å²) in [5.41, 5.74) is 3.28. The summed E-state index contributed by atoms with van der Waals surface area (Å²) in [5, 5.41) is 8.84. The van der Waals surface area contributed by atoms with E-state index in [1.807, 2.05) is 23.1 Å². The molecule has 3 nitrogen and oxygen atoms in total. The standard InChI is InChI=1S/C17H16FN3/c1-20-8-9-21(12-14-4-2-3-5-16(14)20)17-7-6-13(11-19)10-15(17)18/h2-7,10H,8-9,12H2,1H3. The lowest BCUT2D eigenvalue weighted by Gasteiger charge is -2.23. The van der Waals surface area contributed by atoms with E-state index in [0.29, 0.717) is 17.8 Å². The summed E-state index contributed by atoms with van der Waals surface area (Å²) in [6.45, 7) is 2.24. The molecule has 0 bridgehead atoms. The zero-order valence-electron chi connectivity index (χ0n) is 11.9. The molecule has 21 heavy (non-hydrogen) atoms. The van der Waals surface area contributed by atoms with Crippen LogP contribution >= 0.6 is 0 Å². The molecule has 2 aromatic carbocycles. The minimum atomic E-state index is -0.337. The highest BCUT2D eigenvalue weighted by Gasteiger charge is 2.19.